The molecule has 1 aliphatic heterocycles. The first-order valence-corrected chi connectivity index (χ1v) is 6.38. The topological polar surface area (TPSA) is 87.6 Å². The van der Waals surface area contributed by atoms with Crippen LogP contribution in [-0.2, 0) is 4.74 Å². The normalized spacial score (nSPS) is 21.3. The van der Waals surface area contributed by atoms with Gasteiger partial charge in [0.25, 0.3) is 5.91 Å². The Morgan fingerprint density at radius 1 is 1.53 bits per heavy atom. The summed E-state index contributed by atoms with van der Waals surface area (Å²) in [5.74, 6) is -0.196. The Morgan fingerprint density at radius 2 is 2.26 bits per heavy atom. The van der Waals surface area contributed by atoms with E-state index in [2.05, 4.69) is 13.8 Å². The minimum absolute atomic E-state index is 0.0235. The summed E-state index contributed by atoms with van der Waals surface area (Å²) in [5.41, 5.74) is 11.7. The quantitative estimate of drug-likeness (QED) is 0.810. The maximum atomic E-state index is 11.3. The van der Waals surface area contributed by atoms with Crippen LogP contribution in [0.1, 0.15) is 37.0 Å². The van der Waals surface area contributed by atoms with Crippen molar-refractivity contribution in [3.8, 4) is 5.75 Å². The molecule has 1 fully saturated rings. The van der Waals surface area contributed by atoms with Crippen LogP contribution in [-0.4, -0.2) is 24.2 Å². The average molecular weight is 264 g/mol. The van der Waals surface area contributed by atoms with Gasteiger partial charge >= 0.3 is 0 Å². The number of primary amides is 1. The molecule has 5 nitrogen and oxygen atoms in total. The minimum atomic E-state index is -0.546. The van der Waals surface area contributed by atoms with Crippen molar-refractivity contribution in [1.82, 2.24) is 0 Å². The van der Waals surface area contributed by atoms with Crippen LogP contribution in [0.4, 0.5) is 5.69 Å². The lowest BCUT2D eigenvalue weighted by Crippen LogP contribution is -2.24. The van der Waals surface area contributed by atoms with E-state index in [-0.39, 0.29) is 11.7 Å². The molecule has 1 unspecified atom stereocenters. The van der Waals surface area contributed by atoms with Gasteiger partial charge in [-0.25, -0.2) is 0 Å². The van der Waals surface area contributed by atoms with Crippen molar-refractivity contribution in [3.05, 3.63) is 23.8 Å². The zero-order valence-corrected chi connectivity index (χ0v) is 11.3. The molecule has 1 atom stereocenters. The predicted octanol–water partition coefficient (Wildman–Crippen LogP) is 1.70. The van der Waals surface area contributed by atoms with Crippen LogP contribution in [0.15, 0.2) is 18.2 Å². The van der Waals surface area contributed by atoms with Crippen LogP contribution in [0.25, 0.3) is 0 Å². The van der Waals surface area contributed by atoms with Gasteiger partial charge in [-0.05, 0) is 38.8 Å². The van der Waals surface area contributed by atoms with Crippen LogP contribution in [0.3, 0.4) is 0 Å². The Kier molecular flexibility index (Phi) is 3.66. The first-order valence-electron chi connectivity index (χ1n) is 6.38. The second-order valence-corrected chi connectivity index (χ2v) is 5.44. The molecule has 1 aromatic carbocycles. The average Bonchev–Trinajstić information content (AvgIpc) is 2.67. The van der Waals surface area contributed by atoms with E-state index in [1.165, 1.54) is 0 Å². The molecule has 2 rings (SSSR count). The van der Waals surface area contributed by atoms with Crippen molar-refractivity contribution in [2.45, 2.75) is 38.4 Å². The molecule has 0 aliphatic carbocycles. The second-order valence-electron chi connectivity index (χ2n) is 5.44. The Labute approximate surface area is 112 Å². The van der Waals surface area contributed by atoms with Crippen LogP contribution < -0.4 is 16.2 Å². The molecule has 1 heterocycles. The fraction of sp³-hybridized carbons (Fsp3) is 0.500. The standard InChI is InChI=1S/C14H20N2O3/c1-14(2)7-6-9(19-14)8-18-12-10(13(16)17)4-3-5-11(12)15/h3-5,9H,6-8,15H2,1-2H3,(H2,16,17). The van der Waals surface area contributed by atoms with Gasteiger partial charge in [0.05, 0.1) is 23.0 Å². The zero-order chi connectivity index (χ0) is 14.0. The summed E-state index contributed by atoms with van der Waals surface area (Å²) in [6.45, 7) is 4.48. The van der Waals surface area contributed by atoms with E-state index in [0.29, 0.717) is 23.6 Å². The summed E-state index contributed by atoms with van der Waals surface area (Å²) in [5, 5.41) is 0. The van der Waals surface area contributed by atoms with Crippen LogP contribution in [0.5, 0.6) is 5.75 Å². The van der Waals surface area contributed by atoms with Crippen molar-refractivity contribution in [3.63, 3.8) is 0 Å². The number of anilines is 1. The molecule has 19 heavy (non-hydrogen) atoms. The monoisotopic (exact) mass is 264 g/mol. The van der Waals surface area contributed by atoms with E-state index in [1.807, 2.05) is 0 Å². The van der Waals surface area contributed by atoms with Gasteiger partial charge in [0.1, 0.15) is 6.61 Å². The summed E-state index contributed by atoms with van der Waals surface area (Å²) < 4.78 is 11.5. The lowest BCUT2D eigenvalue weighted by atomic mass is 10.1. The van der Waals surface area contributed by atoms with Crippen molar-refractivity contribution in [2.24, 2.45) is 5.73 Å². The third kappa shape index (κ3) is 3.17. The van der Waals surface area contributed by atoms with E-state index in [1.54, 1.807) is 18.2 Å². The number of ether oxygens (including phenoxy) is 2. The highest BCUT2D eigenvalue weighted by molar-refractivity contribution is 5.97. The first kappa shape index (κ1) is 13.7. The number of nitrogens with two attached hydrogens (primary N) is 2. The van der Waals surface area contributed by atoms with E-state index in [0.717, 1.165) is 12.8 Å². The fourth-order valence-corrected chi connectivity index (χ4v) is 2.28. The number of nitrogen functional groups attached to an aromatic ring is 1. The van der Waals surface area contributed by atoms with Gasteiger partial charge in [0.2, 0.25) is 0 Å². The van der Waals surface area contributed by atoms with Crippen molar-refractivity contribution >= 4 is 11.6 Å². The van der Waals surface area contributed by atoms with Gasteiger partial charge < -0.3 is 20.9 Å². The lowest BCUT2D eigenvalue weighted by Gasteiger charge is -2.20. The van der Waals surface area contributed by atoms with Crippen molar-refractivity contribution < 1.29 is 14.3 Å². The highest BCUT2D eigenvalue weighted by atomic mass is 16.6. The van der Waals surface area contributed by atoms with Gasteiger partial charge in [-0.15, -0.1) is 0 Å². The number of benzene rings is 1. The first-order chi connectivity index (χ1) is 8.89. The number of para-hydroxylation sites is 1. The highest BCUT2D eigenvalue weighted by Crippen LogP contribution is 2.31. The second kappa shape index (κ2) is 5.09. The number of hydrogen-bond acceptors (Lipinski definition) is 4. The lowest BCUT2D eigenvalue weighted by molar-refractivity contribution is -0.0326. The molecule has 0 aromatic heterocycles. The summed E-state index contributed by atoms with van der Waals surface area (Å²) in [7, 11) is 0. The van der Waals surface area contributed by atoms with Gasteiger partial charge in [-0.2, -0.15) is 0 Å². The Balaban J connectivity index is 2.06. The molecular weight excluding hydrogens is 244 g/mol. The molecule has 0 spiro atoms. The summed E-state index contributed by atoms with van der Waals surface area (Å²) in [6.07, 6.45) is 1.95. The minimum Gasteiger partial charge on any atom is -0.488 e. The SMILES string of the molecule is CC1(C)CCC(COc2c(N)cccc2C(N)=O)O1. The molecule has 4 N–H and O–H groups in total. The number of carbonyl (C=O) groups is 1. The number of hydrogen-bond donors (Lipinski definition) is 2. The molecule has 1 saturated heterocycles. The Bertz CT molecular complexity index is 486. The molecule has 1 amide bonds. The van der Waals surface area contributed by atoms with Crippen molar-refractivity contribution in [1.29, 1.82) is 0 Å². The molecule has 0 bridgehead atoms. The maximum Gasteiger partial charge on any atom is 0.252 e. The van der Waals surface area contributed by atoms with Crippen LogP contribution >= 0.6 is 0 Å². The fourth-order valence-electron chi connectivity index (χ4n) is 2.28. The number of carbonyl (C=O) groups excluding carboxylic acids is 1. The summed E-state index contributed by atoms with van der Waals surface area (Å²) in [6, 6.07) is 4.96. The maximum absolute atomic E-state index is 11.3. The molecule has 1 aliphatic rings. The predicted molar refractivity (Wildman–Crippen MR) is 73.1 cm³/mol. The Hall–Kier alpha value is -1.75. The summed E-state index contributed by atoms with van der Waals surface area (Å²) in [4.78, 5) is 11.3. The van der Waals surface area contributed by atoms with Crippen LogP contribution in [0.2, 0.25) is 0 Å². The Morgan fingerprint density at radius 3 is 2.84 bits per heavy atom. The van der Waals surface area contributed by atoms with Gasteiger partial charge in [-0.1, -0.05) is 6.07 Å². The third-order valence-corrected chi connectivity index (χ3v) is 3.28. The zero-order valence-electron chi connectivity index (χ0n) is 11.3. The molecule has 0 radical (unpaired) electrons. The molecule has 1 aromatic rings. The number of rotatable bonds is 4. The molecule has 104 valence electrons. The van der Waals surface area contributed by atoms with E-state index < -0.39 is 5.91 Å². The highest BCUT2D eigenvalue weighted by Gasteiger charge is 2.32. The third-order valence-electron chi connectivity index (χ3n) is 3.28. The van der Waals surface area contributed by atoms with Gasteiger partial charge in [-0.3, -0.25) is 4.79 Å². The summed E-state index contributed by atoms with van der Waals surface area (Å²) >= 11 is 0. The van der Waals surface area contributed by atoms with Crippen LogP contribution in [0, 0.1) is 0 Å². The number of amides is 1. The molecule has 5 heteroatoms. The van der Waals surface area contributed by atoms with Gasteiger partial charge in [0.15, 0.2) is 5.75 Å². The van der Waals surface area contributed by atoms with E-state index in [4.69, 9.17) is 20.9 Å². The molecule has 0 saturated carbocycles. The smallest absolute Gasteiger partial charge is 0.252 e. The molecular formula is C14H20N2O3. The largest absolute Gasteiger partial charge is 0.488 e. The van der Waals surface area contributed by atoms with Crippen molar-refractivity contribution in [2.75, 3.05) is 12.3 Å². The van der Waals surface area contributed by atoms with E-state index in [9.17, 15) is 4.79 Å². The van der Waals surface area contributed by atoms with E-state index >= 15 is 0 Å². The van der Waals surface area contributed by atoms with Gasteiger partial charge in [0, 0.05) is 0 Å².